The van der Waals surface area contributed by atoms with Crippen LogP contribution in [-0.2, 0) is 22.6 Å². The number of aromatic nitrogens is 1. The number of hydrogen-bond donors (Lipinski definition) is 1. The molecule has 1 aromatic carbocycles. The minimum absolute atomic E-state index is 0.0136. The average molecular weight is 311 g/mol. The summed E-state index contributed by atoms with van der Waals surface area (Å²) in [5, 5.41) is 2.82. The van der Waals surface area contributed by atoms with Crippen molar-refractivity contribution in [2.24, 2.45) is 0 Å². The lowest BCUT2D eigenvalue weighted by Crippen LogP contribution is -2.36. The highest BCUT2D eigenvalue weighted by Crippen LogP contribution is 2.10. The highest BCUT2D eigenvalue weighted by molar-refractivity contribution is 5.94. The SMILES string of the molecule is CCc1ccc(NC(=O)CN(Cc2cccnc2)C(C)=O)cc1. The fourth-order valence-electron chi connectivity index (χ4n) is 2.19. The monoisotopic (exact) mass is 311 g/mol. The Hall–Kier alpha value is -2.69. The zero-order valence-corrected chi connectivity index (χ0v) is 13.5. The Bertz CT molecular complexity index is 654. The predicted molar refractivity (Wildman–Crippen MR) is 89.8 cm³/mol. The Morgan fingerprint density at radius 2 is 1.87 bits per heavy atom. The summed E-state index contributed by atoms with van der Waals surface area (Å²) in [6.45, 7) is 3.92. The molecule has 0 aliphatic rings. The maximum absolute atomic E-state index is 12.2. The number of carbonyl (C=O) groups is 2. The number of nitrogens with one attached hydrogen (secondary N) is 1. The van der Waals surface area contributed by atoms with Crippen LogP contribution in [0.1, 0.15) is 25.0 Å². The van der Waals surface area contributed by atoms with E-state index in [-0.39, 0.29) is 18.4 Å². The Labute approximate surface area is 136 Å². The minimum Gasteiger partial charge on any atom is -0.329 e. The van der Waals surface area contributed by atoms with Gasteiger partial charge in [-0.1, -0.05) is 25.1 Å². The Morgan fingerprint density at radius 1 is 1.13 bits per heavy atom. The summed E-state index contributed by atoms with van der Waals surface area (Å²) in [6, 6.07) is 11.4. The average Bonchev–Trinajstić information content (AvgIpc) is 2.56. The van der Waals surface area contributed by atoms with Gasteiger partial charge in [0.15, 0.2) is 0 Å². The first-order chi connectivity index (χ1) is 11.1. The van der Waals surface area contributed by atoms with Crippen LogP contribution in [0.25, 0.3) is 0 Å². The number of carbonyl (C=O) groups excluding carboxylic acids is 2. The van der Waals surface area contributed by atoms with E-state index in [4.69, 9.17) is 0 Å². The molecule has 2 amide bonds. The molecule has 5 heteroatoms. The molecule has 23 heavy (non-hydrogen) atoms. The minimum atomic E-state index is -0.215. The van der Waals surface area contributed by atoms with Crippen molar-refractivity contribution >= 4 is 17.5 Å². The maximum Gasteiger partial charge on any atom is 0.244 e. The summed E-state index contributed by atoms with van der Waals surface area (Å²) in [4.78, 5) is 29.4. The van der Waals surface area contributed by atoms with E-state index in [9.17, 15) is 9.59 Å². The molecule has 0 atom stereocenters. The van der Waals surface area contributed by atoms with Crippen LogP contribution in [0.5, 0.6) is 0 Å². The van der Waals surface area contributed by atoms with Crippen LogP contribution < -0.4 is 5.32 Å². The van der Waals surface area contributed by atoms with Crippen LogP contribution in [-0.4, -0.2) is 28.2 Å². The van der Waals surface area contributed by atoms with Crippen LogP contribution >= 0.6 is 0 Å². The Kier molecular flexibility index (Phi) is 5.86. The standard InChI is InChI=1S/C18H21N3O2/c1-3-15-6-8-17(9-7-15)20-18(23)13-21(14(2)22)12-16-5-4-10-19-11-16/h4-11H,3,12-13H2,1-2H3,(H,20,23). The van der Waals surface area contributed by atoms with E-state index < -0.39 is 0 Å². The number of benzene rings is 1. The van der Waals surface area contributed by atoms with Crippen molar-refractivity contribution in [1.82, 2.24) is 9.88 Å². The molecule has 2 rings (SSSR count). The number of nitrogens with zero attached hydrogens (tertiary/aromatic N) is 2. The first-order valence-corrected chi connectivity index (χ1v) is 7.61. The van der Waals surface area contributed by atoms with Crippen molar-refractivity contribution in [2.75, 3.05) is 11.9 Å². The van der Waals surface area contributed by atoms with Gasteiger partial charge in [0.2, 0.25) is 11.8 Å². The van der Waals surface area contributed by atoms with Gasteiger partial charge in [-0.05, 0) is 35.7 Å². The summed E-state index contributed by atoms with van der Waals surface area (Å²) in [5.41, 5.74) is 2.84. The zero-order chi connectivity index (χ0) is 16.7. The second-order valence-electron chi connectivity index (χ2n) is 5.34. The molecule has 2 aromatic rings. The van der Waals surface area contributed by atoms with E-state index in [1.807, 2.05) is 36.4 Å². The van der Waals surface area contributed by atoms with E-state index in [0.29, 0.717) is 6.54 Å². The lowest BCUT2D eigenvalue weighted by atomic mass is 10.1. The third kappa shape index (κ3) is 5.21. The fraction of sp³-hybridized carbons (Fsp3) is 0.278. The molecule has 0 spiro atoms. The van der Waals surface area contributed by atoms with Gasteiger partial charge in [-0.15, -0.1) is 0 Å². The molecule has 1 N–H and O–H groups in total. The molecule has 5 nitrogen and oxygen atoms in total. The first-order valence-electron chi connectivity index (χ1n) is 7.61. The number of rotatable bonds is 6. The topological polar surface area (TPSA) is 62.3 Å². The third-order valence-corrected chi connectivity index (χ3v) is 3.52. The summed E-state index contributed by atoms with van der Waals surface area (Å²) < 4.78 is 0. The zero-order valence-electron chi connectivity index (χ0n) is 13.5. The molecule has 0 aliphatic carbocycles. The molecule has 0 aliphatic heterocycles. The van der Waals surface area contributed by atoms with Crippen LogP contribution in [0.15, 0.2) is 48.8 Å². The summed E-state index contributed by atoms with van der Waals surface area (Å²) in [5.74, 6) is -0.362. The largest absolute Gasteiger partial charge is 0.329 e. The second-order valence-corrected chi connectivity index (χ2v) is 5.34. The lowest BCUT2D eigenvalue weighted by Gasteiger charge is -2.20. The second kappa shape index (κ2) is 8.08. The maximum atomic E-state index is 12.2. The van der Waals surface area contributed by atoms with Crippen molar-refractivity contribution < 1.29 is 9.59 Å². The van der Waals surface area contributed by atoms with Crippen molar-refractivity contribution in [1.29, 1.82) is 0 Å². The van der Waals surface area contributed by atoms with Crippen LogP contribution in [0, 0.1) is 0 Å². The van der Waals surface area contributed by atoms with Gasteiger partial charge < -0.3 is 10.2 Å². The van der Waals surface area contributed by atoms with E-state index in [2.05, 4.69) is 17.2 Å². The number of aryl methyl sites for hydroxylation is 1. The molecule has 0 saturated heterocycles. The lowest BCUT2D eigenvalue weighted by molar-refractivity contribution is -0.133. The summed E-state index contributed by atoms with van der Waals surface area (Å²) in [6.07, 6.45) is 4.32. The molecule has 0 fully saturated rings. The van der Waals surface area contributed by atoms with Crippen LogP contribution in [0.3, 0.4) is 0 Å². The molecule has 0 bridgehead atoms. The highest BCUT2D eigenvalue weighted by Gasteiger charge is 2.14. The van der Waals surface area contributed by atoms with Crippen molar-refractivity contribution in [2.45, 2.75) is 26.8 Å². The highest BCUT2D eigenvalue weighted by atomic mass is 16.2. The van der Waals surface area contributed by atoms with Gasteiger partial charge in [0, 0.05) is 31.5 Å². The van der Waals surface area contributed by atoms with Crippen molar-refractivity contribution in [3.05, 3.63) is 59.9 Å². The quantitative estimate of drug-likeness (QED) is 0.892. The Morgan fingerprint density at radius 3 is 2.43 bits per heavy atom. The number of hydrogen-bond acceptors (Lipinski definition) is 3. The number of amides is 2. The summed E-state index contributed by atoms with van der Waals surface area (Å²) in [7, 11) is 0. The van der Waals surface area contributed by atoms with Gasteiger partial charge in [-0.2, -0.15) is 0 Å². The molecule has 120 valence electrons. The molecule has 0 unspecified atom stereocenters. The van der Waals surface area contributed by atoms with Gasteiger partial charge in [0.1, 0.15) is 6.54 Å². The molecular weight excluding hydrogens is 290 g/mol. The first kappa shape index (κ1) is 16.7. The van der Waals surface area contributed by atoms with Crippen LogP contribution in [0.2, 0.25) is 0 Å². The predicted octanol–water partition coefficient (Wildman–Crippen LogP) is 2.63. The third-order valence-electron chi connectivity index (χ3n) is 3.52. The van der Waals surface area contributed by atoms with Crippen LogP contribution in [0.4, 0.5) is 5.69 Å². The smallest absolute Gasteiger partial charge is 0.244 e. The van der Waals surface area contributed by atoms with E-state index >= 15 is 0 Å². The Balaban J connectivity index is 1.96. The summed E-state index contributed by atoms with van der Waals surface area (Å²) >= 11 is 0. The molecule has 1 aromatic heterocycles. The molecule has 0 saturated carbocycles. The number of pyridine rings is 1. The van der Waals surface area contributed by atoms with Crippen molar-refractivity contribution in [3.8, 4) is 0 Å². The van der Waals surface area contributed by atoms with Gasteiger partial charge in [-0.3, -0.25) is 14.6 Å². The molecule has 1 heterocycles. The van der Waals surface area contributed by atoms with Gasteiger partial charge in [-0.25, -0.2) is 0 Å². The number of anilines is 1. The van der Waals surface area contributed by atoms with E-state index in [0.717, 1.165) is 17.7 Å². The normalized spacial score (nSPS) is 10.2. The van der Waals surface area contributed by atoms with E-state index in [1.165, 1.54) is 17.4 Å². The van der Waals surface area contributed by atoms with E-state index in [1.54, 1.807) is 12.4 Å². The molecule has 0 radical (unpaired) electrons. The van der Waals surface area contributed by atoms with Gasteiger partial charge in [0.25, 0.3) is 0 Å². The fourth-order valence-corrected chi connectivity index (χ4v) is 2.19. The molecular formula is C18H21N3O2. The van der Waals surface area contributed by atoms with Crippen molar-refractivity contribution in [3.63, 3.8) is 0 Å². The van der Waals surface area contributed by atoms with Gasteiger partial charge in [0.05, 0.1) is 0 Å². The van der Waals surface area contributed by atoms with Gasteiger partial charge >= 0.3 is 0 Å².